The summed E-state index contributed by atoms with van der Waals surface area (Å²) < 4.78 is 5.15. The number of aromatic nitrogens is 3. The van der Waals surface area contributed by atoms with Crippen LogP contribution in [0.25, 0.3) is 55.0 Å². The van der Waals surface area contributed by atoms with E-state index in [4.69, 9.17) is 4.98 Å². The summed E-state index contributed by atoms with van der Waals surface area (Å²) in [4.78, 5) is 9.61. The Morgan fingerprint density at radius 1 is 0.434 bits per heavy atom. The van der Waals surface area contributed by atoms with E-state index in [0.717, 1.165) is 11.5 Å². The van der Waals surface area contributed by atoms with Crippen LogP contribution in [0.15, 0.2) is 128 Å². The number of rotatable bonds is 6. The molecule has 13 rings (SSSR count). The van der Waals surface area contributed by atoms with Crippen LogP contribution >= 0.6 is 0 Å². The Morgan fingerprint density at radius 2 is 0.819 bits per heavy atom. The second-order valence-corrected chi connectivity index (χ2v) is 29.5. The van der Waals surface area contributed by atoms with E-state index in [1.54, 1.807) is 0 Å². The molecule has 1 radical (unpaired) electrons. The maximum Gasteiger partial charge on any atom is 0.226 e. The molecule has 0 aliphatic carbocycles. The van der Waals surface area contributed by atoms with Gasteiger partial charge in [-0.25, -0.2) is 4.98 Å². The van der Waals surface area contributed by atoms with Crippen LogP contribution in [0.5, 0.6) is 0 Å². The Bertz CT molecular complexity index is 3900. The van der Waals surface area contributed by atoms with Gasteiger partial charge < -0.3 is 18.9 Å². The quantitative estimate of drug-likeness (QED) is 0.123. The van der Waals surface area contributed by atoms with Gasteiger partial charge in [0.2, 0.25) is 6.71 Å². The third kappa shape index (κ3) is 9.44. The Kier molecular flexibility index (Phi) is 14.4. The standard InChI is InChI=1S/C46H48BN2.C30H38N3.Au/c1-43(2,3)26-16-18-36-30(20-26)32-22-28(45(7,8)9)24-34-41(32)48(36)38-14-13-15-39-40(38)47(34)35-25-29(46(10,11)12)23-33-31-21-27(44(4,5)6)17-19-37(31)49(39)42(33)35;1-19(2)23-12-9-13-24(20(3)4)28(23)32-18-33(30-27(32)16-11-17-31-30)29-25(21(5)6)14-10-15-26(29)22(7)8;/h14-25H,1-12H3;9-22H,1-8H3;/q2*-1;. The Balaban J connectivity index is 0.000000186. The van der Waals surface area contributed by atoms with Crippen LogP contribution in [0.3, 0.4) is 0 Å². The van der Waals surface area contributed by atoms with E-state index < -0.39 is 0 Å². The van der Waals surface area contributed by atoms with Gasteiger partial charge in [-0.1, -0.05) is 211 Å². The first-order chi connectivity index (χ1) is 38.6. The molecule has 0 bridgehead atoms. The van der Waals surface area contributed by atoms with Crippen molar-refractivity contribution in [2.75, 3.05) is 9.80 Å². The number of nitrogens with zero attached hydrogens (tertiary/aromatic N) is 5. The molecule has 83 heavy (non-hydrogen) atoms. The van der Waals surface area contributed by atoms with Crippen LogP contribution in [-0.2, 0) is 44.0 Å². The summed E-state index contributed by atoms with van der Waals surface area (Å²) in [7, 11) is 0. The number of fused-ring (bicyclic) bond motifs is 11. The Labute approximate surface area is 512 Å². The predicted molar refractivity (Wildman–Crippen MR) is 355 cm³/mol. The summed E-state index contributed by atoms with van der Waals surface area (Å²) >= 11 is 0. The molecular formula is C76H86AuBN5-2. The smallest absolute Gasteiger partial charge is 0.226 e. The number of anilines is 4. The van der Waals surface area contributed by atoms with E-state index in [1.807, 2.05) is 12.3 Å². The minimum absolute atomic E-state index is 0. The van der Waals surface area contributed by atoms with Crippen molar-refractivity contribution in [2.45, 2.75) is 184 Å². The van der Waals surface area contributed by atoms with Gasteiger partial charge in [0.1, 0.15) is 5.82 Å². The van der Waals surface area contributed by atoms with Crippen LogP contribution in [0.4, 0.5) is 22.9 Å². The van der Waals surface area contributed by atoms with E-state index in [2.05, 4.69) is 285 Å². The van der Waals surface area contributed by atoms with Crippen molar-refractivity contribution in [3.05, 3.63) is 185 Å². The maximum absolute atomic E-state index is 4.90. The van der Waals surface area contributed by atoms with E-state index in [0.29, 0.717) is 23.7 Å². The van der Waals surface area contributed by atoms with Gasteiger partial charge in [0, 0.05) is 83.6 Å². The maximum atomic E-state index is 4.90. The first-order valence-electron chi connectivity index (χ1n) is 30.5. The minimum Gasteiger partial charge on any atom is -0.471 e. The monoisotopic (exact) mass is 1280 g/mol. The molecule has 3 aliphatic heterocycles. The second kappa shape index (κ2) is 20.5. The molecule has 0 saturated carbocycles. The zero-order valence-electron chi connectivity index (χ0n) is 53.1. The zero-order chi connectivity index (χ0) is 58.6. The van der Waals surface area contributed by atoms with Crippen molar-refractivity contribution in [1.29, 1.82) is 0 Å². The van der Waals surface area contributed by atoms with Crippen molar-refractivity contribution in [1.82, 2.24) is 14.1 Å². The third-order valence-electron chi connectivity index (χ3n) is 18.3. The molecule has 0 N–H and O–H groups in total. The van der Waals surface area contributed by atoms with E-state index >= 15 is 0 Å². The van der Waals surface area contributed by atoms with Crippen LogP contribution in [-0.4, -0.2) is 20.8 Å². The van der Waals surface area contributed by atoms with Gasteiger partial charge in [-0.05, 0) is 149 Å². The zero-order valence-corrected chi connectivity index (χ0v) is 55.3. The second-order valence-electron chi connectivity index (χ2n) is 29.5. The first-order valence-corrected chi connectivity index (χ1v) is 30.5. The van der Waals surface area contributed by atoms with E-state index in [9.17, 15) is 0 Å². The topological polar surface area (TPSA) is 29.2 Å². The fraction of sp³-hybridized carbons (Fsp3) is 0.368. The summed E-state index contributed by atoms with van der Waals surface area (Å²) in [6.07, 6.45) is 1.91. The van der Waals surface area contributed by atoms with Crippen LogP contribution < -0.4 is 26.2 Å². The average molecular weight is 1280 g/mol. The predicted octanol–water partition coefficient (Wildman–Crippen LogP) is 19.0. The minimum atomic E-state index is 0. The third-order valence-corrected chi connectivity index (χ3v) is 18.3. The van der Waals surface area contributed by atoms with Crippen molar-refractivity contribution in [3.63, 3.8) is 0 Å². The summed E-state index contributed by atoms with van der Waals surface area (Å²) in [5.74, 6) is 2.69. The van der Waals surface area contributed by atoms with Gasteiger partial charge in [0.15, 0.2) is 0 Å². The fourth-order valence-electron chi connectivity index (χ4n) is 13.6. The number of pyridine rings is 1. The van der Waals surface area contributed by atoms with Crippen molar-refractivity contribution < 1.29 is 22.4 Å². The van der Waals surface area contributed by atoms with Crippen LogP contribution in [0, 0.1) is 12.7 Å². The van der Waals surface area contributed by atoms with Crippen molar-refractivity contribution in [2.24, 2.45) is 0 Å². The average Bonchev–Trinajstić information content (AvgIpc) is 2.10. The SMILES string of the molecule is CC(C)(C)c1ccc2c(c1)c1cc(C(C)(C)C)cc3c1n2-c1c[c-]cc2c1B3c1cc(C(C)(C)C)cc3c4cc(C(C)(C)C)ccc4n-2c13.CC(C)c1cccc(C(C)C)c1N1[CH-]N(c2c(C(C)C)cccc2C(C)C)c2ncccc21.[Au]. The molecule has 7 aromatic carbocycles. The number of benzene rings is 7. The number of para-hydroxylation sites is 2. The molecule has 0 spiro atoms. The molecular weight excluding hydrogens is 1190 g/mol. The van der Waals surface area contributed by atoms with E-state index in [-0.39, 0.29) is 50.8 Å². The Hall–Kier alpha value is -6.30. The van der Waals surface area contributed by atoms with Crippen LogP contribution in [0.1, 0.15) is 207 Å². The normalized spacial score (nSPS) is 14.0. The van der Waals surface area contributed by atoms with Gasteiger partial charge in [0.25, 0.3) is 0 Å². The fourth-order valence-corrected chi connectivity index (χ4v) is 13.6. The first kappa shape index (κ1) is 58.5. The van der Waals surface area contributed by atoms with Gasteiger partial charge in [-0.3, -0.25) is 0 Å². The van der Waals surface area contributed by atoms with Gasteiger partial charge in [0.05, 0.1) is 5.69 Å². The largest absolute Gasteiger partial charge is 0.471 e. The number of hydrogen-bond acceptors (Lipinski definition) is 3. The van der Waals surface area contributed by atoms with Gasteiger partial charge in [-0.2, -0.15) is 18.2 Å². The van der Waals surface area contributed by atoms with Crippen molar-refractivity contribution in [3.8, 4) is 11.4 Å². The molecule has 0 unspecified atom stereocenters. The summed E-state index contributed by atoms with van der Waals surface area (Å²) in [5.41, 5.74) is 26.9. The van der Waals surface area contributed by atoms with Crippen LogP contribution in [0.2, 0.25) is 0 Å². The van der Waals surface area contributed by atoms with Crippen molar-refractivity contribution >= 4 is 89.6 Å². The summed E-state index contributed by atoms with van der Waals surface area (Å²) in [6.45, 7) is 48.8. The molecule has 10 aromatic rings. The van der Waals surface area contributed by atoms with Gasteiger partial charge in [-0.15, -0.1) is 12.1 Å². The molecule has 0 saturated heterocycles. The molecule has 3 aliphatic rings. The molecule has 0 amide bonds. The molecule has 431 valence electrons. The summed E-state index contributed by atoms with van der Waals surface area (Å²) in [5, 5.41) is 5.42. The molecule has 5 nitrogen and oxygen atoms in total. The molecule has 3 aromatic heterocycles. The number of hydrogen-bond donors (Lipinski definition) is 0. The molecule has 7 heteroatoms. The summed E-state index contributed by atoms with van der Waals surface area (Å²) in [6, 6.07) is 50.4. The molecule has 0 fully saturated rings. The molecule has 0 atom stereocenters. The molecule has 6 heterocycles. The van der Waals surface area contributed by atoms with Gasteiger partial charge >= 0.3 is 0 Å². The van der Waals surface area contributed by atoms with E-state index in [1.165, 1.54) is 127 Å². The Morgan fingerprint density at radius 3 is 1.20 bits per heavy atom.